The van der Waals surface area contributed by atoms with Crippen molar-refractivity contribution in [3.05, 3.63) is 105 Å². The van der Waals surface area contributed by atoms with Gasteiger partial charge in [-0.25, -0.2) is 9.67 Å². The van der Waals surface area contributed by atoms with Crippen LogP contribution in [0.5, 0.6) is 0 Å². The van der Waals surface area contributed by atoms with E-state index in [1.54, 1.807) is 12.3 Å². The van der Waals surface area contributed by atoms with Crippen molar-refractivity contribution in [1.82, 2.24) is 29.7 Å². The fourth-order valence-corrected chi connectivity index (χ4v) is 5.12. The van der Waals surface area contributed by atoms with E-state index in [1.807, 2.05) is 53.8 Å². The fourth-order valence-electron chi connectivity index (χ4n) is 4.57. The summed E-state index contributed by atoms with van der Waals surface area (Å²) in [6, 6.07) is 20.4. The first-order valence-electron chi connectivity index (χ1n) is 11.3. The van der Waals surface area contributed by atoms with Gasteiger partial charge in [0.25, 0.3) is 11.6 Å². The van der Waals surface area contributed by atoms with Crippen LogP contribution in [0.3, 0.4) is 0 Å². The van der Waals surface area contributed by atoms with Gasteiger partial charge in [0.1, 0.15) is 17.0 Å². The minimum absolute atomic E-state index is 0.0352. The van der Waals surface area contributed by atoms with Crippen LogP contribution in [0.15, 0.2) is 77.4 Å². The molecule has 0 atom stereocenters. The Morgan fingerprint density at radius 3 is 2.54 bits per heavy atom. The third-order valence-electron chi connectivity index (χ3n) is 6.23. The standard InChI is InChI=1S/C26H18BrN7O3/c1-15-24(33-22-9-5-4-7-19(22)18-6-2-3-8-20(18)25(33)29-15)26(35)28-13-16-14-32(31-30-16)23-11-10-17(34(36)37)12-21(23)27/h2-12,14H,13H2,1H3,(H,28,35). The highest BCUT2D eigenvalue weighted by Crippen LogP contribution is 2.31. The number of amides is 1. The highest BCUT2D eigenvalue weighted by atomic mass is 79.9. The second kappa shape index (κ2) is 8.79. The number of imidazole rings is 1. The second-order valence-corrected chi connectivity index (χ2v) is 9.35. The number of hydrogen-bond acceptors (Lipinski definition) is 6. The molecule has 0 aliphatic carbocycles. The van der Waals surface area contributed by atoms with Gasteiger partial charge in [0, 0.05) is 22.9 Å². The molecule has 3 heterocycles. The van der Waals surface area contributed by atoms with Crippen LogP contribution in [0.25, 0.3) is 33.0 Å². The number of nitrogens with zero attached hydrogens (tertiary/aromatic N) is 6. The monoisotopic (exact) mass is 555 g/mol. The second-order valence-electron chi connectivity index (χ2n) is 8.50. The lowest BCUT2D eigenvalue weighted by Crippen LogP contribution is -2.25. The summed E-state index contributed by atoms with van der Waals surface area (Å²) in [7, 11) is 0. The number of benzene rings is 3. The van der Waals surface area contributed by atoms with Crippen LogP contribution in [-0.4, -0.2) is 35.2 Å². The SMILES string of the molecule is Cc1nc2c3ccccc3c3ccccc3n2c1C(=O)NCc1cn(-c2ccc([N+](=O)[O-])cc2Br)nn1. The third-order valence-corrected chi connectivity index (χ3v) is 6.86. The van der Waals surface area contributed by atoms with E-state index in [1.165, 1.54) is 16.8 Å². The zero-order valence-corrected chi connectivity index (χ0v) is 21.0. The molecule has 0 radical (unpaired) electrons. The predicted molar refractivity (Wildman–Crippen MR) is 142 cm³/mol. The Kier molecular flexibility index (Phi) is 5.41. The van der Waals surface area contributed by atoms with Gasteiger partial charge in [0.15, 0.2) is 0 Å². The molecule has 3 aromatic carbocycles. The number of nitro benzene ring substituents is 1. The highest BCUT2D eigenvalue weighted by Gasteiger charge is 2.21. The topological polar surface area (TPSA) is 120 Å². The number of nitrogens with one attached hydrogen (secondary N) is 1. The summed E-state index contributed by atoms with van der Waals surface area (Å²) in [5.74, 6) is -0.281. The molecule has 0 spiro atoms. The molecule has 3 aromatic heterocycles. The molecule has 10 nitrogen and oxygen atoms in total. The van der Waals surface area contributed by atoms with E-state index < -0.39 is 4.92 Å². The Labute approximate surface area is 217 Å². The molecule has 37 heavy (non-hydrogen) atoms. The molecule has 1 amide bonds. The number of carbonyl (C=O) groups is 1. The highest BCUT2D eigenvalue weighted by molar-refractivity contribution is 9.10. The first kappa shape index (κ1) is 22.8. The van der Waals surface area contributed by atoms with Crippen molar-refractivity contribution in [2.24, 2.45) is 0 Å². The number of halogens is 1. The van der Waals surface area contributed by atoms with Crippen molar-refractivity contribution in [3.8, 4) is 5.69 Å². The van der Waals surface area contributed by atoms with Gasteiger partial charge in [0.05, 0.1) is 39.0 Å². The minimum atomic E-state index is -0.467. The fraction of sp³-hybridized carbons (Fsp3) is 0.0769. The Morgan fingerprint density at radius 1 is 1.05 bits per heavy atom. The van der Waals surface area contributed by atoms with E-state index in [0.29, 0.717) is 27.2 Å². The maximum absolute atomic E-state index is 13.4. The number of fused-ring (bicyclic) bond motifs is 6. The number of carbonyl (C=O) groups excluding carboxylic acids is 1. The maximum atomic E-state index is 13.4. The summed E-state index contributed by atoms with van der Waals surface area (Å²) in [6.45, 7) is 1.97. The predicted octanol–water partition coefficient (Wildman–Crippen LogP) is 5.13. The summed E-state index contributed by atoms with van der Waals surface area (Å²) < 4.78 is 3.91. The van der Waals surface area contributed by atoms with Gasteiger partial charge in [0.2, 0.25) is 0 Å². The zero-order chi connectivity index (χ0) is 25.7. The average molecular weight is 556 g/mol. The number of hydrogen-bond donors (Lipinski definition) is 1. The average Bonchev–Trinajstić information content (AvgIpc) is 3.52. The molecule has 0 fully saturated rings. The quantitative estimate of drug-likeness (QED) is 0.179. The van der Waals surface area contributed by atoms with Crippen molar-refractivity contribution >= 4 is 54.8 Å². The lowest BCUT2D eigenvalue weighted by molar-refractivity contribution is -0.384. The van der Waals surface area contributed by atoms with Crippen molar-refractivity contribution in [2.75, 3.05) is 0 Å². The zero-order valence-electron chi connectivity index (χ0n) is 19.4. The molecule has 0 saturated heterocycles. The lowest BCUT2D eigenvalue weighted by Gasteiger charge is -2.10. The molecule has 0 unspecified atom stereocenters. The van der Waals surface area contributed by atoms with E-state index in [4.69, 9.17) is 4.98 Å². The molecule has 1 N–H and O–H groups in total. The number of aryl methyl sites for hydroxylation is 1. The molecule has 182 valence electrons. The van der Waals surface area contributed by atoms with E-state index in [9.17, 15) is 14.9 Å². The van der Waals surface area contributed by atoms with Crippen LogP contribution in [-0.2, 0) is 6.54 Å². The molecular formula is C26H18BrN7O3. The first-order chi connectivity index (χ1) is 17.9. The number of rotatable bonds is 5. The largest absolute Gasteiger partial charge is 0.345 e. The van der Waals surface area contributed by atoms with Crippen LogP contribution in [0, 0.1) is 17.0 Å². The van der Waals surface area contributed by atoms with Gasteiger partial charge in [-0.15, -0.1) is 5.10 Å². The van der Waals surface area contributed by atoms with Gasteiger partial charge in [-0.3, -0.25) is 19.3 Å². The minimum Gasteiger partial charge on any atom is -0.345 e. The molecule has 0 aliphatic heterocycles. The third kappa shape index (κ3) is 3.80. The van der Waals surface area contributed by atoms with Gasteiger partial charge < -0.3 is 5.32 Å². The van der Waals surface area contributed by atoms with Gasteiger partial charge in [-0.2, -0.15) is 0 Å². The molecule has 0 saturated carbocycles. The van der Waals surface area contributed by atoms with E-state index >= 15 is 0 Å². The molecule has 0 aliphatic rings. The lowest BCUT2D eigenvalue weighted by atomic mass is 10.1. The Morgan fingerprint density at radius 2 is 1.78 bits per heavy atom. The maximum Gasteiger partial charge on any atom is 0.270 e. The van der Waals surface area contributed by atoms with Gasteiger partial charge in [-0.05, 0) is 40.4 Å². The Hall–Kier alpha value is -4.64. The van der Waals surface area contributed by atoms with E-state index in [-0.39, 0.29) is 18.1 Å². The number of pyridine rings is 1. The van der Waals surface area contributed by atoms with Crippen LogP contribution < -0.4 is 5.32 Å². The Balaban J connectivity index is 1.33. The van der Waals surface area contributed by atoms with Gasteiger partial charge in [-0.1, -0.05) is 47.7 Å². The van der Waals surface area contributed by atoms with Crippen LogP contribution in [0.1, 0.15) is 21.9 Å². The van der Waals surface area contributed by atoms with Crippen molar-refractivity contribution < 1.29 is 9.72 Å². The van der Waals surface area contributed by atoms with Crippen LogP contribution in [0.2, 0.25) is 0 Å². The van der Waals surface area contributed by atoms with Crippen molar-refractivity contribution in [3.63, 3.8) is 0 Å². The summed E-state index contributed by atoms with van der Waals surface area (Å²) in [6.07, 6.45) is 1.66. The van der Waals surface area contributed by atoms with Crippen LogP contribution in [0.4, 0.5) is 5.69 Å². The molecular weight excluding hydrogens is 538 g/mol. The number of aromatic nitrogens is 5. The molecule has 0 bridgehead atoms. The molecule has 6 rings (SSSR count). The summed E-state index contributed by atoms with van der Waals surface area (Å²) in [4.78, 5) is 28.7. The normalized spacial score (nSPS) is 11.4. The number of nitro groups is 1. The van der Waals surface area contributed by atoms with Gasteiger partial charge >= 0.3 is 0 Å². The number of para-hydroxylation sites is 1. The van der Waals surface area contributed by atoms with Crippen molar-refractivity contribution in [1.29, 1.82) is 0 Å². The summed E-state index contributed by atoms with van der Waals surface area (Å²) >= 11 is 3.35. The van der Waals surface area contributed by atoms with Crippen molar-refractivity contribution in [2.45, 2.75) is 13.5 Å². The van der Waals surface area contributed by atoms with Crippen LogP contribution >= 0.6 is 15.9 Å². The van der Waals surface area contributed by atoms with E-state index in [0.717, 1.165) is 27.3 Å². The molecule has 6 aromatic rings. The number of non-ortho nitro benzene ring substituents is 1. The van der Waals surface area contributed by atoms with E-state index in [2.05, 4.69) is 37.6 Å². The Bertz CT molecular complexity index is 1880. The summed E-state index contributed by atoms with van der Waals surface area (Å²) in [5, 5.41) is 25.3. The summed E-state index contributed by atoms with van der Waals surface area (Å²) in [5.41, 5.74) is 3.79. The smallest absolute Gasteiger partial charge is 0.270 e. The molecule has 11 heteroatoms. The first-order valence-corrected chi connectivity index (χ1v) is 12.1.